The average molecular weight is 298 g/mol. The molecule has 20 heavy (non-hydrogen) atoms. The van der Waals surface area contributed by atoms with E-state index in [4.69, 9.17) is 16.3 Å². The molecule has 0 aliphatic heterocycles. The zero-order valence-electron chi connectivity index (χ0n) is 13.0. The van der Waals surface area contributed by atoms with Crippen LogP contribution in [0.4, 0.5) is 0 Å². The molecule has 0 aliphatic carbocycles. The van der Waals surface area contributed by atoms with Gasteiger partial charge in [-0.15, -0.1) is 0 Å². The molecule has 0 spiro atoms. The summed E-state index contributed by atoms with van der Waals surface area (Å²) < 4.78 is 5.44. The van der Waals surface area contributed by atoms with Crippen molar-refractivity contribution in [2.24, 2.45) is 5.92 Å². The maximum absolute atomic E-state index is 5.97. The van der Waals surface area contributed by atoms with Crippen molar-refractivity contribution in [2.45, 2.75) is 39.5 Å². The molecule has 0 aromatic heterocycles. The molecule has 0 saturated carbocycles. The molecule has 0 bridgehead atoms. The van der Waals surface area contributed by atoms with E-state index < -0.39 is 0 Å². The third-order valence-corrected chi connectivity index (χ3v) is 3.58. The van der Waals surface area contributed by atoms with Gasteiger partial charge in [-0.25, -0.2) is 0 Å². The molecule has 3 heteroatoms. The Morgan fingerprint density at radius 2 is 1.85 bits per heavy atom. The van der Waals surface area contributed by atoms with Crippen molar-refractivity contribution in [3.05, 3.63) is 34.9 Å². The van der Waals surface area contributed by atoms with Crippen LogP contribution < -0.4 is 5.32 Å². The van der Waals surface area contributed by atoms with Crippen molar-refractivity contribution in [1.82, 2.24) is 5.32 Å². The smallest absolute Gasteiger partial charge is 0.0466 e. The molecule has 1 N–H and O–H groups in total. The standard InChI is InChI=1S/C17H28ClNO/c1-4-20-11-5-6-16(13-19-12-14(2)3)15-7-9-17(18)10-8-15/h7-10,14,16,19H,4-6,11-13H2,1-3H3. The number of rotatable bonds is 10. The first-order valence-corrected chi connectivity index (χ1v) is 8.05. The lowest BCUT2D eigenvalue weighted by Gasteiger charge is -2.19. The van der Waals surface area contributed by atoms with E-state index in [0.29, 0.717) is 11.8 Å². The van der Waals surface area contributed by atoms with Crippen LogP contribution in [-0.4, -0.2) is 26.3 Å². The topological polar surface area (TPSA) is 21.3 Å². The van der Waals surface area contributed by atoms with Gasteiger partial charge in [0.15, 0.2) is 0 Å². The summed E-state index contributed by atoms with van der Waals surface area (Å²) in [6.07, 6.45) is 2.25. The summed E-state index contributed by atoms with van der Waals surface area (Å²) in [5.74, 6) is 1.22. The van der Waals surface area contributed by atoms with Gasteiger partial charge in [-0.2, -0.15) is 0 Å². The second-order valence-electron chi connectivity index (χ2n) is 5.64. The van der Waals surface area contributed by atoms with Crippen molar-refractivity contribution < 1.29 is 4.74 Å². The van der Waals surface area contributed by atoms with Crippen molar-refractivity contribution in [3.8, 4) is 0 Å². The van der Waals surface area contributed by atoms with E-state index in [1.165, 1.54) is 5.56 Å². The van der Waals surface area contributed by atoms with Gasteiger partial charge in [-0.1, -0.05) is 37.6 Å². The number of hydrogen-bond donors (Lipinski definition) is 1. The van der Waals surface area contributed by atoms with Crippen LogP contribution in [0.25, 0.3) is 0 Å². The molecule has 0 fully saturated rings. The highest BCUT2D eigenvalue weighted by molar-refractivity contribution is 6.30. The molecule has 1 aromatic carbocycles. The molecule has 0 amide bonds. The van der Waals surface area contributed by atoms with Crippen LogP contribution >= 0.6 is 11.6 Å². The summed E-state index contributed by atoms with van der Waals surface area (Å²) in [4.78, 5) is 0. The Bertz CT molecular complexity index is 351. The molecule has 1 aromatic rings. The molecule has 0 saturated heterocycles. The molecule has 114 valence electrons. The SMILES string of the molecule is CCOCCCC(CNCC(C)C)c1ccc(Cl)cc1. The summed E-state index contributed by atoms with van der Waals surface area (Å²) in [6, 6.07) is 8.25. The van der Waals surface area contributed by atoms with Gasteiger partial charge in [0.2, 0.25) is 0 Å². The van der Waals surface area contributed by atoms with Crippen LogP contribution in [0.1, 0.15) is 45.1 Å². The summed E-state index contributed by atoms with van der Waals surface area (Å²) in [5, 5.41) is 4.37. The molecular weight excluding hydrogens is 270 g/mol. The van der Waals surface area contributed by atoms with E-state index in [1.807, 2.05) is 19.1 Å². The second kappa shape index (κ2) is 10.2. The number of halogens is 1. The molecule has 1 atom stereocenters. The first-order chi connectivity index (χ1) is 9.63. The summed E-state index contributed by atoms with van der Waals surface area (Å²) >= 11 is 5.97. The Kier molecular flexibility index (Phi) is 8.92. The molecule has 1 unspecified atom stereocenters. The van der Waals surface area contributed by atoms with E-state index in [1.54, 1.807) is 0 Å². The molecule has 2 nitrogen and oxygen atoms in total. The highest BCUT2D eigenvalue weighted by atomic mass is 35.5. The Labute approximate surface area is 128 Å². The predicted molar refractivity (Wildman–Crippen MR) is 87.6 cm³/mol. The van der Waals surface area contributed by atoms with Gasteiger partial charge in [-0.3, -0.25) is 0 Å². The van der Waals surface area contributed by atoms with Gasteiger partial charge < -0.3 is 10.1 Å². The van der Waals surface area contributed by atoms with E-state index >= 15 is 0 Å². The minimum atomic E-state index is 0.534. The lowest BCUT2D eigenvalue weighted by molar-refractivity contribution is 0.141. The largest absolute Gasteiger partial charge is 0.382 e. The van der Waals surface area contributed by atoms with Crippen molar-refractivity contribution in [2.75, 3.05) is 26.3 Å². The van der Waals surface area contributed by atoms with Crippen molar-refractivity contribution >= 4 is 11.6 Å². The van der Waals surface area contributed by atoms with E-state index in [-0.39, 0.29) is 0 Å². The van der Waals surface area contributed by atoms with Gasteiger partial charge in [0, 0.05) is 24.8 Å². The van der Waals surface area contributed by atoms with Gasteiger partial charge in [0.25, 0.3) is 0 Å². The van der Waals surface area contributed by atoms with E-state index in [9.17, 15) is 0 Å². The Balaban J connectivity index is 2.51. The first kappa shape index (κ1) is 17.5. The van der Waals surface area contributed by atoms with Gasteiger partial charge >= 0.3 is 0 Å². The Hall–Kier alpha value is -0.570. The van der Waals surface area contributed by atoms with Crippen LogP contribution in [0.5, 0.6) is 0 Å². The van der Waals surface area contributed by atoms with E-state index in [0.717, 1.165) is 44.2 Å². The maximum Gasteiger partial charge on any atom is 0.0466 e. The zero-order valence-corrected chi connectivity index (χ0v) is 13.7. The fourth-order valence-electron chi connectivity index (χ4n) is 2.24. The minimum Gasteiger partial charge on any atom is -0.382 e. The minimum absolute atomic E-state index is 0.534. The van der Waals surface area contributed by atoms with Crippen LogP contribution in [0.3, 0.4) is 0 Å². The van der Waals surface area contributed by atoms with Crippen LogP contribution in [-0.2, 0) is 4.74 Å². The number of nitrogens with one attached hydrogen (secondary N) is 1. The second-order valence-corrected chi connectivity index (χ2v) is 6.08. The van der Waals surface area contributed by atoms with E-state index in [2.05, 4.69) is 31.3 Å². The van der Waals surface area contributed by atoms with Crippen molar-refractivity contribution in [3.63, 3.8) is 0 Å². The molecule has 0 aliphatic rings. The van der Waals surface area contributed by atoms with Crippen molar-refractivity contribution in [1.29, 1.82) is 0 Å². The maximum atomic E-state index is 5.97. The lowest BCUT2D eigenvalue weighted by atomic mass is 9.94. The summed E-state index contributed by atoms with van der Waals surface area (Å²) in [7, 11) is 0. The normalized spacial score (nSPS) is 12.8. The first-order valence-electron chi connectivity index (χ1n) is 7.67. The highest BCUT2D eigenvalue weighted by Gasteiger charge is 2.11. The van der Waals surface area contributed by atoms with Crippen LogP contribution in [0.2, 0.25) is 5.02 Å². The molecule has 1 rings (SSSR count). The highest BCUT2D eigenvalue weighted by Crippen LogP contribution is 2.22. The molecule has 0 radical (unpaired) electrons. The molecular formula is C17H28ClNO. The van der Waals surface area contributed by atoms with Gasteiger partial charge in [0.05, 0.1) is 0 Å². The number of benzene rings is 1. The number of hydrogen-bond acceptors (Lipinski definition) is 2. The van der Waals surface area contributed by atoms with Gasteiger partial charge in [-0.05, 0) is 55.8 Å². The fraction of sp³-hybridized carbons (Fsp3) is 0.647. The Morgan fingerprint density at radius 1 is 1.15 bits per heavy atom. The fourth-order valence-corrected chi connectivity index (χ4v) is 2.37. The Morgan fingerprint density at radius 3 is 2.45 bits per heavy atom. The summed E-state index contributed by atoms with van der Waals surface area (Å²) in [5.41, 5.74) is 1.36. The summed E-state index contributed by atoms with van der Waals surface area (Å²) in [6.45, 7) is 10.3. The zero-order chi connectivity index (χ0) is 14.8. The lowest BCUT2D eigenvalue weighted by Crippen LogP contribution is -2.25. The average Bonchev–Trinajstić information content (AvgIpc) is 2.42. The van der Waals surface area contributed by atoms with Gasteiger partial charge in [0.1, 0.15) is 0 Å². The molecule has 0 heterocycles. The third kappa shape index (κ3) is 7.28. The predicted octanol–water partition coefficient (Wildman–Crippen LogP) is 4.49. The van der Waals surface area contributed by atoms with Crippen LogP contribution in [0.15, 0.2) is 24.3 Å². The number of ether oxygens (including phenoxy) is 1. The van der Waals surface area contributed by atoms with Crippen LogP contribution in [0, 0.1) is 5.92 Å². The monoisotopic (exact) mass is 297 g/mol. The third-order valence-electron chi connectivity index (χ3n) is 3.33. The quantitative estimate of drug-likeness (QED) is 0.643.